The summed E-state index contributed by atoms with van der Waals surface area (Å²) >= 11 is 0. The Morgan fingerprint density at radius 1 is 0.686 bits per heavy atom. The number of nitrogens with one attached hydrogen (secondary N) is 2. The first-order valence-electron chi connectivity index (χ1n) is 13.9. The van der Waals surface area contributed by atoms with E-state index in [9.17, 15) is 9.59 Å². The number of rotatable bonds is 22. The second-order valence-electron chi connectivity index (χ2n) is 9.18. The van der Waals surface area contributed by atoms with Gasteiger partial charge in [-0.1, -0.05) is 90.0 Å². The van der Waals surface area contributed by atoms with Gasteiger partial charge in [0.15, 0.2) is 0 Å². The highest BCUT2D eigenvalue weighted by Gasteiger charge is 2.03. The summed E-state index contributed by atoms with van der Waals surface area (Å²) < 4.78 is 10.3. The lowest BCUT2D eigenvalue weighted by Gasteiger charge is -2.08. The van der Waals surface area contributed by atoms with E-state index in [2.05, 4.69) is 22.5 Å². The molecular weight excluding hydrogens is 442 g/mol. The number of aromatic nitrogens is 1. The topological polar surface area (TPSA) is 89.5 Å². The summed E-state index contributed by atoms with van der Waals surface area (Å²) in [6.45, 7) is 4.02. The number of carbonyl (C=O) groups excluding carboxylic acids is 2. The second kappa shape index (κ2) is 23.4. The molecule has 0 saturated heterocycles. The number of alkyl carbamates (subject to hydrolysis) is 2. The number of pyridine rings is 1. The Kier molecular flexibility index (Phi) is 20.6. The van der Waals surface area contributed by atoms with Gasteiger partial charge in [-0.15, -0.1) is 0 Å². The van der Waals surface area contributed by atoms with Gasteiger partial charge in [0.05, 0.1) is 25.5 Å². The van der Waals surface area contributed by atoms with E-state index in [4.69, 9.17) is 9.47 Å². The second-order valence-corrected chi connectivity index (χ2v) is 9.18. The number of hydrogen-bond acceptors (Lipinski definition) is 5. The van der Waals surface area contributed by atoms with Crippen molar-refractivity contribution in [1.82, 2.24) is 15.6 Å². The maximum atomic E-state index is 11.7. The van der Waals surface area contributed by atoms with E-state index in [1.54, 1.807) is 6.20 Å². The zero-order chi connectivity index (χ0) is 25.2. The third kappa shape index (κ3) is 20.8. The van der Waals surface area contributed by atoms with Crippen LogP contribution in [0.2, 0.25) is 0 Å². The fourth-order valence-corrected chi connectivity index (χ4v) is 3.81. The molecule has 0 unspecified atom stereocenters. The van der Waals surface area contributed by atoms with E-state index in [1.807, 2.05) is 18.2 Å². The van der Waals surface area contributed by atoms with Crippen LogP contribution in [-0.2, 0) is 16.0 Å². The molecule has 1 aromatic rings. The van der Waals surface area contributed by atoms with Crippen LogP contribution in [-0.4, -0.2) is 36.9 Å². The molecule has 200 valence electrons. The highest BCUT2D eigenvalue weighted by Crippen LogP contribution is 2.12. The van der Waals surface area contributed by atoms with E-state index < -0.39 is 6.09 Å². The summed E-state index contributed by atoms with van der Waals surface area (Å²) in [6.07, 6.45) is 20.4. The summed E-state index contributed by atoms with van der Waals surface area (Å²) in [5.41, 5.74) is 0.786. The molecule has 2 N–H and O–H groups in total. The summed E-state index contributed by atoms with van der Waals surface area (Å²) in [5.74, 6) is 0. The lowest BCUT2D eigenvalue weighted by atomic mass is 10.0. The van der Waals surface area contributed by atoms with Gasteiger partial charge in [0.2, 0.25) is 0 Å². The van der Waals surface area contributed by atoms with Crippen molar-refractivity contribution in [1.29, 1.82) is 0 Å². The summed E-state index contributed by atoms with van der Waals surface area (Å²) in [5, 5.41) is 5.49. The lowest BCUT2D eigenvalue weighted by molar-refractivity contribution is 0.136. The Labute approximate surface area is 213 Å². The predicted molar refractivity (Wildman–Crippen MR) is 141 cm³/mol. The molecule has 0 atom stereocenters. The molecular formula is C28H49N3O4. The first-order chi connectivity index (χ1) is 17.2. The van der Waals surface area contributed by atoms with Gasteiger partial charge in [-0.3, -0.25) is 4.98 Å². The fourth-order valence-electron chi connectivity index (χ4n) is 3.81. The van der Waals surface area contributed by atoms with Crippen molar-refractivity contribution in [3.8, 4) is 0 Å². The quantitative estimate of drug-likeness (QED) is 0.166. The van der Waals surface area contributed by atoms with Crippen molar-refractivity contribution in [3.63, 3.8) is 0 Å². The highest BCUT2D eigenvalue weighted by atomic mass is 16.6. The monoisotopic (exact) mass is 491 g/mol. The lowest BCUT2D eigenvalue weighted by Crippen LogP contribution is -2.25. The smallest absolute Gasteiger partial charge is 0.407 e. The van der Waals surface area contributed by atoms with Gasteiger partial charge in [0.1, 0.15) is 0 Å². The number of nitrogens with zero attached hydrogens (tertiary/aromatic N) is 1. The molecule has 0 spiro atoms. The van der Waals surface area contributed by atoms with Crippen LogP contribution in [0.1, 0.15) is 115 Å². The predicted octanol–water partition coefficient (Wildman–Crippen LogP) is 7.30. The summed E-state index contributed by atoms with van der Waals surface area (Å²) in [6, 6.07) is 5.54. The van der Waals surface area contributed by atoms with Crippen LogP contribution >= 0.6 is 0 Å². The average Bonchev–Trinajstić information content (AvgIpc) is 2.87. The van der Waals surface area contributed by atoms with E-state index >= 15 is 0 Å². The van der Waals surface area contributed by atoms with E-state index in [0.717, 1.165) is 37.8 Å². The summed E-state index contributed by atoms with van der Waals surface area (Å²) in [4.78, 5) is 27.5. The number of amides is 2. The summed E-state index contributed by atoms with van der Waals surface area (Å²) in [7, 11) is 0. The molecule has 0 fully saturated rings. The fraction of sp³-hybridized carbons (Fsp3) is 0.750. The molecule has 0 radical (unpaired) electrons. The Morgan fingerprint density at radius 3 is 1.74 bits per heavy atom. The zero-order valence-corrected chi connectivity index (χ0v) is 22.0. The Morgan fingerprint density at radius 2 is 1.20 bits per heavy atom. The van der Waals surface area contributed by atoms with Crippen LogP contribution in [0.25, 0.3) is 0 Å². The van der Waals surface area contributed by atoms with Crippen molar-refractivity contribution in [2.24, 2.45) is 0 Å². The number of carbonyl (C=O) groups is 2. The molecule has 1 aromatic heterocycles. The third-order valence-corrected chi connectivity index (χ3v) is 5.94. The normalized spacial score (nSPS) is 10.7. The minimum absolute atomic E-state index is 0.339. The minimum atomic E-state index is -0.445. The number of unbranched alkanes of at least 4 members (excludes halogenated alkanes) is 14. The third-order valence-electron chi connectivity index (χ3n) is 5.94. The molecule has 35 heavy (non-hydrogen) atoms. The molecule has 1 heterocycles. The number of ether oxygens (including phenoxy) is 2. The van der Waals surface area contributed by atoms with E-state index in [1.165, 1.54) is 70.6 Å². The SMILES string of the molecule is CCCCCCCCCCCCCCCNC(=O)OCCCCCOC(=O)NCc1ccccn1. The number of hydrogen-bond donors (Lipinski definition) is 2. The largest absolute Gasteiger partial charge is 0.450 e. The van der Waals surface area contributed by atoms with Crippen LogP contribution < -0.4 is 10.6 Å². The van der Waals surface area contributed by atoms with Gasteiger partial charge in [-0.25, -0.2) is 9.59 Å². The molecule has 0 aliphatic carbocycles. The van der Waals surface area contributed by atoms with Crippen molar-refractivity contribution >= 4 is 12.2 Å². The minimum Gasteiger partial charge on any atom is -0.450 e. The van der Waals surface area contributed by atoms with Crippen LogP contribution in [0, 0.1) is 0 Å². The van der Waals surface area contributed by atoms with Crippen molar-refractivity contribution in [2.45, 2.75) is 116 Å². The molecule has 7 heteroatoms. The van der Waals surface area contributed by atoms with Gasteiger partial charge in [0, 0.05) is 12.7 Å². The Balaban J connectivity index is 1.77. The van der Waals surface area contributed by atoms with Gasteiger partial charge < -0.3 is 20.1 Å². The van der Waals surface area contributed by atoms with Crippen LogP contribution in [0.3, 0.4) is 0 Å². The molecule has 1 rings (SSSR count). The van der Waals surface area contributed by atoms with Crippen molar-refractivity contribution in [3.05, 3.63) is 30.1 Å². The van der Waals surface area contributed by atoms with Gasteiger partial charge in [-0.05, 0) is 37.8 Å². The molecule has 7 nitrogen and oxygen atoms in total. The average molecular weight is 492 g/mol. The molecule has 2 amide bonds. The van der Waals surface area contributed by atoms with Crippen LogP contribution in [0.5, 0.6) is 0 Å². The van der Waals surface area contributed by atoms with Gasteiger partial charge >= 0.3 is 12.2 Å². The zero-order valence-electron chi connectivity index (χ0n) is 22.0. The van der Waals surface area contributed by atoms with E-state index in [-0.39, 0.29) is 6.09 Å². The Bertz CT molecular complexity index is 628. The first kappa shape index (κ1) is 30.7. The molecule has 0 aliphatic rings. The van der Waals surface area contributed by atoms with Crippen LogP contribution in [0.15, 0.2) is 24.4 Å². The maximum Gasteiger partial charge on any atom is 0.407 e. The molecule has 0 aromatic carbocycles. The Hall–Kier alpha value is -2.31. The molecule has 0 aliphatic heterocycles. The van der Waals surface area contributed by atoms with Crippen molar-refractivity contribution in [2.75, 3.05) is 19.8 Å². The molecule has 0 saturated carbocycles. The van der Waals surface area contributed by atoms with Gasteiger partial charge in [0.25, 0.3) is 0 Å². The first-order valence-corrected chi connectivity index (χ1v) is 13.9. The molecule has 0 bridgehead atoms. The van der Waals surface area contributed by atoms with Gasteiger partial charge in [-0.2, -0.15) is 0 Å². The van der Waals surface area contributed by atoms with Crippen molar-refractivity contribution < 1.29 is 19.1 Å². The van der Waals surface area contributed by atoms with Crippen LogP contribution in [0.4, 0.5) is 9.59 Å². The highest BCUT2D eigenvalue weighted by molar-refractivity contribution is 5.67. The maximum absolute atomic E-state index is 11.7. The standard InChI is InChI=1S/C28H49N3O4/c1-2-3-4-5-6-7-8-9-10-11-12-13-16-22-30-27(32)34-23-18-14-19-24-35-28(33)31-25-26-20-15-17-21-29-26/h15,17,20-21H,2-14,16,18-19,22-25H2,1H3,(H,30,32)(H,31,33). The van der Waals surface area contributed by atoms with E-state index in [0.29, 0.717) is 26.3 Å².